The summed E-state index contributed by atoms with van der Waals surface area (Å²) in [4.78, 5) is 28.6. The Kier molecular flexibility index (Phi) is 4.74. The van der Waals surface area contributed by atoms with E-state index in [4.69, 9.17) is 4.74 Å². The van der Waals surface area contributed by atoms with Gasteiger partial charge in [0.2, 0.25) is 0 Å². The quantitative estimate of drug-likeness (QED) is 0.805. The van der Waals surface area contributed by atoms with Gasteiger partial charge in [-0.25, -0.2) is 4.79 Å². The highest BCUT2D eigenvalue weighted by atomic mass is 16.5. The molecule has 0 spiro atoms. The molecule has 0 bridgehead atoms. The average molecular weight is 338 g/mol. The van der Waals surface area contributed by atoms with Crippen LogP contribution < -0.4 is 9.80 Å². The number of para-hydroxylation sites is 1. The maximum atomic E-state index is 12.7. The topological polar surface area (TPSA) is 49.9 Å². The number of anilines is 2. The highest BCUT2D eigenvalue weighted by Crippen LogP contribution is 2.28. The van der Waals surface area contributed by atoms with E-state index in [1.807, 2.05) is 55.4 Å². The number of fused-ring (bicyclic) bond motifs is 1. The fourth-order valence-electron chi connectivity index (χ4n) is 2.96. The van der Waals surface area contributed by atoms with Crippen LogP contribution in [0.4, 0.5) is 11.4 Å². The first-order chi connectivity index (χ1) is 12.0. The van der Waals surface area contributed by atoms with E-state index in [9.17, 15) is 9.59 Å². The number of benzene rings is 2. The van der Waals surface area contributed by atoms with Gasteiger partial charge in [-0.05, 0) is 49.2 Å². The number of ether oxygens (including phenoxy) is 1. The van der Waals surface area contributed by atoms with Gasteiger partial charge in [-0.3, -0.25) is 4.79 Å². The minimum absolute atomic E-state index is 0.191. The molecule has 1 aliphatic heterocycles. The van der Waals surface area contributed by atoms with E-state index in [1.165, 1.54) is 0 Å². The number of hydrogen-bond acceptors (Lipinski definition) is 4. The van der Waals surface area contributed by atoms with E-state index in [2.05, 4.69) is 0 Å². The van der Waals surface area contributed by atoms with Crippen molar-refractivity contribution in [2.75, 3.05) is 30.4 Å². The third kappa shape index (κ3) is 3.50. The lowest BCUT2D eigenvalue weighted by Crippen LogP contribution is -2.39. The number of rotatable bonds is 4. The summed E-state index contributed by atoms with van der Waals surface area (Å²) < 4.78 is 5.38. The van der Waals surface area contributed by atoms with Gasteiger partial charge in [0.25, 0.3) is 5.91 Å². The number of nitrogens with zero attached hydrogens (tertiary/aromatic N) is 2. The highest BCUT2D eigenvalue weighted by Gasteiger charge is 2.29. The molecule has 0 unspecified atom stereocenters. The van der Waals surface area contributed by atoms with E-state index in [0.717, 1.165) is 23.4 Å². The first-order valence-electron chi connectivity index (χ1n) is 8.35. The second-order valence-electron chi connectivity index (χ2n) is 6.36. The zero-order valence-electron chi connectivity index (χ0n) is 14.7. The Balaban J connectivity index is 1.66. The van der Waals surface area contributed by atoms with Crippen LogP contribution >= 0.6 is 0 Å². The zero-order valence-corrected chi connectivity index (χ0v) is 14.7. The molecule has 2 aromatic rings. The average Bonchev–Trinajstić information content (AvgIpc) is 3.05. The van der Waals surface area contributed by atoms with Crippen LogP contribution in [0.2, 0.25) is 0 Å². The molecule has 5 heteroatoms. The Morgan fingerprint density at radius 3 is 2.44 bits per heavy atom. The molecule has 0 N–H and O–H groups in total. The van der Waals surface area contributed by atoms with E-state index >= 15 is 0 Å². The van der Waals surface area contributed by atoms with Gasteiger partial charge in [-0.2, -0.15) is 0 Å². The number of carbonyl (C=O) groups excluding carboxylic acids is 2. The van der Waals surface area contributed by atoms with Crippen molar-refractivity contribution in [1.82, 2.24) is 0 Å². The molecule has 0 fully saturated rings. The van der Waals surface area contributed by atoms with Gasteiger partial charge in [0.15, 0.2) is 6.10 Å². The molecule has 0 radical (unpaired) electrons. The molecule has 0 aromatic heterocycles. The first kappa shape index (κ1) is 17.0. The predicted molar refractivity (Wildman–Crippen MR) is 98.1 cm³/mol. The van der Waals surface area contributed by atoms with E-state index in [-0.39, 0.29) is 5.91 Å². The Morgan fingerprint density at radius 1 is 1.08 bits per heavy atom. The molecule has 0 aliphatic carbocycles. The van der Waals surface area contributed by atoms with Crippen molar-refractivity contribution in [3.8, 4) is 0 Å². The van der Waals surface area contributed by atoms with Crippen LogP contribution in [-0.4, -0.2) is 38.6 Å². The van der Waals surface area contributed by atoms with Crippen molar-refractivity contribution in [3.63, 3.8) is 0 Å². The van der Waals surface area contributed by atoms with Crippen LogP contribution in [0.1, 0.15) is 22.8 Å². The molecular formula is C20H22N2O3. The molecule has 5 nitrogen and oxygen atoms in total. The highest BCUT2D eigenvalue weighted by molar-refractivity contribution is 6.00. The summed E-state index contributed by atoms with van der Waals surface area (Å²) in [6.45, 7) is 2.24. The van der Waals surface area contributed by atoms with E-state index in [1.54, 1.807) is 24.0 Å². The van der Waals surface area contributed by atoms with Crippen LogP contribution in [0.15, 0.2) is 48.5 Å². The van der Waals surface area contributed by atoms with Gasteiger partial charge in [0, 0.05) is 32.0 Å². The summed E-state index contributed by atoms with van der Waals surface area (Å²) in [5.74, 6) is -0.679. The summed E-state index contributed by atoms with van der Waals surface area (Å²) in [5.41, 5.74) is 3.49. The lowest BCUT2D eigenvalue weighted by Gasteiger charge is -2.21. The third-order valence-corrected chi connectivity index (χ3v) is 4.40. The van der Waals surface area contributed by atoms with Crippen molar-refractivity contribution < 1.29 is 14.3 Å². The summed E-state index contributed by atoms with van der Waals surface area (Å²) in [7, 11) is 3.86. The Hall–Kier alpha value is -2.82. The third-order valence-electron chi connectivity index (χ3n) is 4.40. The molecule has 1 aliphatic rings. The minimum Gasteiger partial charge on any atom is -0.449 e. The number of amides is 1. The molecule has 1 amide bonds. The van der Waals surface area contributed by atoms with Gasteiger partial charge >= 0.3 is 5.97 Å². The summed E-state index contributed by atoms with van der Waals surface area (Å²) in [6, 6.07) is 14.9. The molecule has 3 rings (SSSR count). The van der Waals surface area contributed by atoms with Crippen LogP contribution in [0, 0.1) is 0 Å². The Morgan fingerprint density at radius 2 is 1.76 bits per heavy atom. The Labute approximate surface area is 147 Å². The fraction of sp³-hybridized carbons (Fsp3) is 0.300. The number of carbonyl (C=O) groups is 2. The second-order valence-corrected chi connectivity index (χ2v) is 6.36. The van der Waals surface area contributed by atoms with Crippen molar-refractivity contribution in [2.45, 2.75) is 19.4 Å². The monoisotopic (exact) mass is 338 g/mol. The molecule has 0 saturated heterocycles. The van der Waals surface area contributed by atoms with Crippen molar-refractivity contribution in [3.05, 3.63) is 59.7 Å². The van der Waals surface area contributed by atoms with Gasteiger partial charge in [-0.1, -0.05) is 18.2 Å². The van der Waals surface area contributed by atoms with Crippen molar-refractivity contribution in [1.29, 1.82) is 0 Å². The van der Waals surface area contributed by atoms with E-state index < -0.39 is 12.1 Å². The molecular weight excluding hydrogens is 316 g/mol. The summed E-state index contributed by atoms with van der Waals surface area (Å²) in [6.07, 6.45) is 0.00127. The smallest absolute Gasteiger partial charge is 0.338 e. The van der Waals surface area contributed by atoms with Crippen LogP contribution in [0.3, 0.4) is 0 Å². The van der Waals surface area contributed by atoms with Crippen LogP contribution in [0.25, 0.3) is 0 Å². The lowest BCUT2D eigenvalue weighted by molar-refractivity contribution is -0.126. The molecule has 2 aromatic carbocycles. The molecule has 1 atom stereocenters. The van der Waals surface area contributed by atoms with Crippen LogP contribution in [-0.2, 0) is 16.0 Å². The van der Waals surface area contributed by atoms with Gasteiger partial charge in [-0.15, -0.1) is 0 Å². The fourth-order valence-corrected chi connectivity index (χ4v) is 2.96. The summed E-state index contributed by atoms with van der Waals surface area (Å²) >= 11 is 0. The predicted octanol–water partition coefficient (Wildman–Crippen LogP) is 2.89. The van der Waals surface area contributed by atoms with Crippen molar-refractivity contribution in [2.24, 2.45) is 0 Å². The standard InChI is InChI=1S/C20H22N2O3/c1-14(19(23)22-13-12-15-6-4-5-7-18(15)22)25-20(24)16-8-10-17(11-9-16)21(2)3/h4-11,14H,12-13H2,1-3H3/t14-/m1/s1. The van der Waals surface area contributed by atoms with Gasteiger partial charge < -0.3 is 14.5 Å². The minimum atomic E-state index is -0.827. The van der Waals surface area contributed by atoms with Crippen molar-refractivity contribution >= 4 is 23.3 Å². The summed E-state index contributed by atoms with van der Waals surface area (Å²) in [5, 5.41) is 0. The first-order valence-corrected chi connectivity index (χ1v) is 8.35. The maximum absolute atomic E-state index is 12.7. The zero-order chi connectivity index (χ0) is 18.0. The van der Waals surface area contributed by atoms with E-state index in [0.29, 0.717) is 12.1 Å². The Bertz CT molecular complexity index is 784. The normalized spacial score (nSPS) is 14.0. The van der Waals surface area contributed by atoms with Gasteiger partial charge in [0.1, 0.15) is 0 Å². The molecule has 1 heterocycles. The molecule has 0 saturated carbocycles. The van der Waals surface area contributed by atoms with Crippen LogP contribution in [0.5, 0.6) is 0 Å². The van der Waals surface area contributed by atoms with Gasteiger partial charge in [0.05, 0.1) is 5.56 Å². The largest absolute Gasteiger partial charge is 0.449 e. The molecule has 25 heavy (non-hydrogen) atoms. The number of esters is 1. The second kappa shape index (κ2) is 6.97. The SMILES string of the molecule is C[C@@H](OC(=O)c1ccc(N(C)C)cc1)C(=O)N1CCc2ccccc21. The maximum Gasteiger partial charge on any atom is 0.338 e. The lowest BCUT2D eigenvalue weighted by atomic mass is 10.2. The number of hydrogen-bond donors (Lipinski definition) is 0. The molecule has 130 valence electrons.